The highest BCUT2D eigenvalue weighted by Crippen LogP contribution is 2.31. The van der Waals surface area contributed by atoms with E-state index in [0.29, 0.717) is 20.8 Å². The van der Waals surface area contributed by atoms with Crippen molar-refractivity contribution < 1.29 is 9.59 Å². The topological polar surface area (TPSA) is 58.2 Å². The van der Waals surface area contributed by atoms with Crippen LogP contribution in [0.15, 0.2) is 6.07 Å². The van der Waals surface area contributed by atoms with Crippen molar-refractivity contribution in [1.29, 1.82) is 0 Å². The second kappa shape index (κ2) is 9.34. The zero-order valence-corrected chi connectivity index (χ0v) is 13.6. The van der Waals surface area contributed by atoms with Gasteiger partial charge in [-0.1, -0.05) is 30.1 Å². The van der Waals surface area contributed by atoms with E-state index in [1.54, 1.807) is 6.07 Å². The van der Waals surface area contributed by atoms with Crippen LogP contribution >= 0.6 is 34.5 Å². The van der Waals surface area contributed by atoms with E-state index in [-0.39, 0.29) is 24.5 Å². The van der Waals surface area contributed by atoms with Crippen molar-refractivity contribution >= 4 is 46.2 Å². The number of ketones is 1. The molecule has 0 saturated heterocycles. The van der Waals surface area contributed by atoms with Crippen molar-refractivity contribution in [2.45, 2.75) is 26.2 Å². The summed E-state index contributed by atoms with van der Waals surface area (Å²) in [4.78, 5) is 23.4. The van der Waals surface area contributed by atoms with Gasteiger partial charge in [-0.2, -0.15) is 0 Å². The number of halogens is 2. The second-order valence-electron chi connectivity index (χ2n) is 4.26. The van der Waals surface area contributed by atoms with Crippen molar-refractivity contribution in [1.82, 2.24) is 10.6 Å². The maximum Gasteiger partial charge on any atom is 0.220 e. The Morgan fingerprint density at radius 1 is 1.20 bits per heavy atom. The molecule has 0 aliphatic heterocycles. The summed E-state index contributed by atoms with van der Waals surface area (Å²) in [5.74, 6) is -0.286. The van der Waals surface area contributed by atoms with Gasteiger partial charge in [-0.3, -0.25) is 9.59 Å². The minimum atomic E-state index is -0.155. The van der Waals surface area contributed by atoms with Gasteiger partial charge in [0.2, 0.25) is 5.91 Å². The standard InChI is InChI=1S/C13H18Cl2N2O2S/c1-2-5-16-6-7-17-12(19)4-3-10(18)9-8-11(14)20-13(9)15/h8,16H,2-7H2,1H3,(H,17,19). The summed E-state index contributed by atoms with van der Waals surface area (Å²) in [7, 11) is 0. The van der Waals surface area contributed by atoms with Crippen molar-refractivity contribution in [3.05, 3.63) is 20.3 Å². The predicted octanol–water partition coefficient (Wildman–Crippen LogP) is 3.13. The molecule has 20 heavy (non-hydrogen) atoms. The first-order valence-corrected chi connectivity index (χ1v) is 8.07. The molecule has 0 aliphatic rings. The zero-order valence-electron chi connectivity index (χ0n) is 11.3. The van der Waals surface area contributed by atoms with Crippen molar-refractivity contribution in [2.24, 2.45) is 0 Å². The van der Waals surface area contributed by atoms with Crippen LogP contribution in [0.3, 0.4) is 0 Å². The Balaban J connectivity index is 2.24. The van der Waals surface area contributed by atoms with E-state index < -0.39 is 0 Å². The van der Waals surface area contributed by atoms with Crippen LogP contribution in [0, 0.1) is 0 Å². The third-order valence-electron chi connectivity index (χ3n) is 2.59. The number of hydrogen-bond acceptors (Lipinski definition) is 4. The molecule has 0 atom stereocenters. The van der Waals surface area contributed by atoms with Crippen LogP contribution in [-0.4, -0.2) is 31.3 Å². The number of Topliss-reactive ketones (excluding diaryl/α,β-unsaturated/α-hetero) is 1. The summed E-state index contributed by atoms with van der Waals surface area (Å²) in [6.45, 7) is 4.32. The molecule has 0 spiro atoms. The van der Waals surface area contributed by atoms with E-state index in [2.05, 4.69) is 17.6 Å². The molecule has 7 heteroatoms. The van der Waals surface area contributed by atoms with Gasteiger partial charge in [0, 0.05) is 31.5 Å². The average molecular weight is 337 g/mol. The summed E-state index contributed by atoms with van der Waals surface area (Å²) in [6.07, 6.45) is 1.36. The van der Waals surface area contributed by atoms with Crippen LogP contribution in [0.4, 0.5) is 0 Å². The Kier molecular flexibility index (Phi) is 8.14. The Hall–Kier alpha value is -0.620. The van der Waals surface area contributed by atoms with Gasteiger partial charge in [-0.05, 0) is 19.0 Å². The molecule has 1 aromatic heterocycles. The van der Waals surface area contributed by atoms with Crippen LogP contribution in [0.5, 0.6) is 0 Å². The molecule has 0 radical (unpaired) electrons. The van der Waals surface area contributed by atoms with E-state index in [1.165, 1.54) is 0 Å². The fourth-order valence-electron chi connectivity index (χ4n) is 1.57. The average Bonchev–Trinajstić information content (AvgIpc) is 2.75. The number of amides is 1. The van der Waals surface area contributed by atoms with Crippen LogP contribution in [0.25, 0.3) is 0 Å². The van der Waals surface area contributed by atoms with Crippen LogP contribution < -0.4 is 10.6 Å². The van der Waals surface area contributed by atoms with Gasteiger partial charge in [0.25, 0.3) is 0 Å². The Morgan fingerprint density at radius 3 is 2.55 bits per heavy atom. The summed E-state index contributed by atoms with van der Waals surface area (Å²) in [5, 5.41) is 5.94. The third-order valence-corrected chi connectivity index (χ3v) is 4.07. The van der Waals surface area contributed by atoms with Gasteiger partial charge in [0.15, 0.2) is 5.78 Å². The molecule has 1 heterocycles. The van der Waals surface area contributed by atoms with Gasteiger partial charge in [0.1, 0.15) is 4.34 Å². The Labute approximate surface area is 132 Å². The summed E-state index contributed by atoms with van der Waals surface area (Å²) in [5.41, 5.74) is 0.402. The molecular formula is C13H18Cl2N2O2S. The SMILES string of the molecule is CCCNCCNC(=O)CCC(=O)c1cc(Cl)sc1Cl. The van der Waals surface area contributed by atoms with Gasteiger partial charge in [-0.25, -0.2) is 0 Å². The lowest BCUT2D eigenvalue weighted by atomic mass is 10.1. The monoisotopic (exact) mass is 336 g/mol. The lowest BCUT2D eigenvalue weighted by Gasteiger charge is -2.05. The van der Waals surface area contributed by atoms with Crippen molar-refractivity contribution in [3.63, 3.8) is 0 Å². The number of carbonyl (C=O) groups is 2. The number of hydrogen-bond donors (Lipinski definition) is 2. The van der Waals surface area contributed by atoms with E-state index in [9.17, 15) is 9.59 Å². The highest BCUT2D eigenvalue weighted by atomic mass is 35.5. The maximum atomic E-state index is 11.9. The molecule has 0 aliphatic carbocycles. The first kappa shape index (κ1) is 17.4. The molecule has 0 unspecified atom stereocenters. The molecule has 0 bridgehead atoms. The fourth-order valence-corrected chi connectivity index (χ4v) is 3.07. The molecule has 0 saturated carbocycles. The minimum absolute atomic E-state index is 0.130. The lowest BCUT2D eigenvalue weighted by molar-refractivity contribution is -0.121. The van der Waals surface area contributed by atoms with Gasteiger partial charge >= 0.3 is 0 Å². The van der Waals surface area contributed by atoms with Crippen LogP contribution in [0.2, 0.25) is 8.67 Å². The summed E-state index contributed by atoms with van der Waals surface area (Å²) >= 11 is 12.8. The molecule has 4 nitrogen and oxygen atoms in total. The van der Waals surface area contributed by atoms with E-state index in [4.69, 9.17) is 23.2 Å². The summed E-state index contributed by atoms with van der Waals surface area (Å²) in [6, 6.07) is 1.55. The Bertz CT molecular complexity index is 463. The highest BCUT2D eigenvalue weighted by Gasteiger charge is 2.15. The zero-order chi connectivity index (χ0) is 15.0. The van der Waals surface area contributed by atoms with Gasteiger partial charge in [-0.15, -0.1) is 11.3 Å². The van der Waals surface area contributed by atoms with Gasteiger partial charge < -0.3 is 10.6 Å². The van der Waals surface area contributed by atoms with E-state index in [0.717, 1.165) is 30.8 Å². The van der Waals surface area contributed by atoms with Crippen LogP contribution in [-0.2, 0) is 4.79 Å². The third kappa shape index (κ3) is 6.22. The number of thiophene rings is 1. The highest BCUT2D eigenvalue weighted by molar-refractivity contribution is 7.20. The minimum Gasteiger partial charge on any atom is -0.355 e. The number of nitrogens with one attached hydrogen (secondary N) is 2. The first-order valence-electron chi connectivity index (χ1n) is 6.50. The summed E-state index contributed by atoms with van der Waals surface area (Å²) < 4.78 is 0.856. The largest absolute Gasteiger partial charge is 0.355 e. The molecule has 1 rings (SSSR count). The van der Waals surface area contributed by atoms with Crippen LogP contribution in [0.1, 0.15) is 36.5 Å². The molecule has 0 fully saturated rings. The van der Waals surface area contributed by atoms with Crippen molar-refractivity contribution in [3.8, 4) is 0 Å². The quantitative estimate of drug-likeness (QED) is 0.538. The first-order chi connectivity index (χ1) is 9.54. The molecular weight excluding hydrogens is 319 g/mol. The normalized spacial score (nSPS) is 10.6. The van der Waals surface area contributed by atoms with E-state index >= 15 is 0 Å². The molecule has 1 aromatic rings. The molecule has 0 aromatic carbocycles. The smallest absolute Gasteiger partial charge is 0.220 e. The fraction of sp³-hybridized carbons (Fsp3) is 0.538. The van der Waals surface area contributed by atoms with Gasteiger partial charge in [0.05, 0.1) is 4.34 Å². The molecule has 2 N–H and O–H groups in total. The molecule has 112 valence electrons. The number of rotatable bonds is 9. The van der Waals surface area contributed by atoms with Crippen molar-refractivity contribution in [2.75, 3.05) is 19.6 Å². The lowest BCUT2D eigenvalue weighted by Crippen LogP contribution is -2.32. The van der Waals surface area contributed by atoms with E-state index in [1.807, 2.05) is 0 Å². The number of carbonyl (C=O) groups excluding carboxylic acids is 2. The second-order valence-corrected chi connectivity index (χ2v) is 6.55. The maximum absolute atomic E-state index is 11.9. The Morgan fingerprint density at radius 2 is 1.95 bits per heavy atom. The molecule has 1 amide bonds. The predicted molar refractivity (Wildman–Crippen MR) is 84.1 cm³/mol.